The van der Waals surface area contributed by atoms with Gasteiger partial charge in [-0.15, -0.1) is 0 Å². The summed E-state index contributed by atoms with van der Waals surface area (Å²) in [5.41, 5.74) is 0.622. The molecule has 2 aromatic heterocycles. The first-order chi connectivity index (χ1) is 13.8. The van der Waals surface area contributed by atoms with Crippen molar-refractivity contribution in [2.24, 2.45) is 0 Å². The SMILES string of the molecule is Cc1ccc(NCCC(=O)N2CCC(C)(NC(=O)c3ncc(F)cn3)CC2)nc1. The predicted octanol–water partition coefficient (Wildman–Crippen LogP) is 1.93. The zero-order valence-electron chi connectivity index (χ0n) is 16.6. The quantitative estimate of drug-likeness (QED) is 0.769. The highest BCUT2D eigenvalue weighted by Gasteiger charge is 2.33. The van der Waals surface area contributed by atoms with Gasteiger partial charge in [0.05, 0.1) is 12.4 Å². The van der Waals surface area contributed by atoms with Crippen molar-refractivity contribution in [1.82, 2.24) is 25.2 Å². The molecule has 0 unspecified atom stereocenters. The second kappa shape index (κ2) is 8.93. The summed E-state index contributed by atoms with van der Waals surface area (Å²) >= 11 is 0. The van der Waals surface area contributed by atoms with Crippen LogP contribution in [0.5, 0.6) is 0 Å². The highest BCUT2D eigenvalue weighted by Crippen LogP contribution is 2.22. The first-order valence-electron chi connectivity index (χ1n) is 9.59. The molecule has 8 nitrogen and oxygen atoms in total. The van der Waals surface area contributed by atoms with Gasteiger partial charge < -0.3 is 15.5 Å². The summed E-state index contributed by atoms with van der Waals surface area (Å²) in [5.74, 6) is -0.281. The van der Waals surface area contributed by atoms with Crippen LogP contribution >= 0.6 is 0 Å². The Morgan fingerprint density at radius 2 is 1.83 bits per heavy atom. The van der Waals surface area contributed by atoms with Gasteiger partial charge in [-0.05, 0) is 38.3 Å². The van der Waals surface area contributed by atoms with Gasteiger partial charge in [0.1, 0.15) is 5.82 Å². The van der Waals surface area contributed by atoms with Crippen molar-refractivity contribution in [3.05, 3.63) is 47.9 Å². The zero-order valence-corrected chi connectivity index (χ0v) is 16.6. The van der Waals surface area contributed by atoms with E-state index < -0.39 is 17.3 Å². The van der Waals surface area contributed by atoms with Gasteiger partial charge >= 0.3 is 0 Å². The number of aromatic nitrogens is 3. The van der Waals surface area contributed by atoms with Crippen LogP contribution in [0.15, 0.2) is 30.7 Å². The molecule has 2 aromatic rings. The van der Waals surface area contributed by atoms with Crippen LogP contribution in [0.4, 0.5) is 10.2 Å². The summed E-state index contributed by atoms with van der Waals surface area (Å²) in [7, 11) is 0. The van der Waals surface area contributed by atoms with Gasteiger partial charge in [-0.1, -0.05) is 6.07 Å². The number of carbonyl (C=O) groups is 2. The molecule has 0 saturated carbocycles. The summed E-state index contributed by atoms with van der Waals surface area (Å²) in [6.45, 7) is 5.53. The number of hydrogen-bond donors (Lipinski definition) is 2. The Bertz CT molecular complexity index is 848. The van der Waals surface area contributed by atoms with Crippen LogP contribution in [-0.2, 0) is 4.79 Å². The number of rotatable bonds is 6. The first kappa shape index (κ1) is 20.6. The Balaban J connectivity index is 1.43. The summed E-state index contributed by atoms with van der Waals surface area (Å²) in [4.78, 5) is 38.2. The fraction of sp³-hybridized carbons (Fsp3) is 0.450. The van der Waals surface area contributed by atoms with Crippen LogP contribution in [0.3, 0.4) is 0 Å². The second-order valence-corrected chi connectivity index (χ2v) is 7.52. The number of anilines is 1. The first-order valence-corrected chi connectivity index (χ1v) is 9.59. The lowest BCUT2D eigenvalue weighted by Crippen LogP contribution is -2.54. The van der Waals surface area contributed by atoms with Crippen LogP contribution < -0.4 is 10.6 Å². The zero-order chi connectivity index (χ0) is 20.9. The van der Waals surface area contributed by atoms with E-state index in [-0.39, 0.29) is 11.7 Å². The molecule has 0 spiro atoms. The average molecular weight is 400 g/mol. The van der Waals surface area contributed by atoms with Crippen molar-refractivity contribution in [1.29, 1.82) is 0 Å². The van der Waals surface area contributed by atoms with Crippen LogP contribution in [0.2, 0.25) is 0 Å². The third kappa shape index (κ3) is 5.69. The third-order valence-electron chi connectivity index (χ3n) is 5.01. The Morgan fingerprint density at radius 3 is 2.45 bits per heavy atom. The normalized spacial score (nSPS) is 15.6. The van der Waals surface area contributed by atoms with Gasteiger partial charge in [0.15, 0.2) is 5.82 Å². The maximum atomic E-state index is 12.9. The molecule has 0 aliphatic carbocycles. The number of pyridine rings is 1. The monoisotopic (exact) mass is 400 g/mol. The lowest BCUT2D eigenvalue weighted by Gasteiger charge is -2.39. The lowest BCUT2D eigenvalue weighted by atomic mass is 9.89. The molecule has 9 heteroatoms. The summed E-state index contributed by atoms with van der Waals surface area (Å²) in [5, 5.41) is 6.06. The Kier molecular flexibility index (Phi) is 6.36. The van der Waals surface area contributed by atoms with Crippen LogP contribution in [0, 0.1) is 12.7 Å². The molecular weight excluding hydrogens is 375 g/mol. The highest BCUT2D eigenvalue weighted by molar-refractivity contribution is 5.90. The van der Waals surface area contributed by atoms with Crippen molar-refractivity contribution >= 4 is 17.6 Å². The van der Waals surface area contributed by atoms with Crippen molar-refractivity contribution in [3.8, 4) is 0 Å². The largest absolute Gasteiger partial charge is 0.370 e. The van der Waals surface area contributed by atoms with Crippen molar-refractivity contribution in [2.45, 2.75) is 38.6 Å². The molecule has 3 rings (SSSR count). The maximum Gasteiger partial charge on any atom is 0.289 e. The molecular formula is C20H25FN6O2. The fourth-order valence-corrected chi connectivity index (χ4v) is 3.16. The molecule has 1 saturated heterocycles. The van der Waals surface area contributed by atoms with Crippen molar-refractivity contribution in [3.63, 3.8) is 0 Å². The van der Waals surface area contributed by atoms with Gasteiger partial charge in [0.25, 0.3) is 5.91 Å². The van der Waals surface area contributed by atoms with E-state index in [1.807, 2.05) is 30.9 Å². The molecule has 2 amide bonds. The average Bonchev–Trinajstić information content (AvgIpc) is 2.70. The summed E-state index contributed by atoms with van der Waals surface area (Å²) in [6, 6.07) is 3.85. The molecule has 0 atom stereocenters. The lowest BCUT2D eigenvalue weighted by molar-refractivity contribution is -0.132. The fourth-order valence-electron chi connectivity index (χ4n) is 3.16. The third-order valence-corrected chi connectivity index (χ3v) is 5.01. The van der Waals surface area contributed by atoms with Gasteiger partial charge in [0, 0.05) is 37.8 Å². The van der Waals surface area contributed by atoms with E-state index in [0.29, 0.717) is 38.9 Å². The summed E-state index contributed by atoms with van der Waals surface area (Å²) < 4.78 is 12.9. The number of likely N-dealkylation sites (tertiary alicyclic amines) is 1. The van der Waals surface area contributed by atoms with Crippen LogP contribution in [-0.4, -0.2) is 56.8 Å². The van der Waals surface area contributed by atoms with Crippen molar-refractivity contribution < 1.29 is 14.0 Å². The number of piperidine rings is 1. The molecule has 0 aromatic carbocycles. The minimum Gasteiger partial charge on any atom is -0.370 e. The van der Waals surface area contributed by atoms with Gasteiger partial charge in [0.2, 0.25) is 11.7 Å². The van der Waals surface area contributed by atoms with Gasteiger partial charge in [-0.25, -0.2) is 19.3 Å². The molecule has 29 heavy (non-hydrogen) atoms. The molecule has 2 N–H and O–H groups in total. The Labute approximate surface area is 169 Å². The summed E-state index contributed by atoms with van der Waals surface area (Å²) in [6.07, 6.45) is 5.33. The van der Waals surface area contributed by atoms with E-state index in [9.17, 15) is 14.0 Å². The molecule has 3 heterocycles. The highest BCUT2D eigenvalue weighted by atomic mass is 19.1. The Hall–Kier alpha value is -3.10. The smallest absolute Gasteiger partial charge is 0.289 e. The number of hydrogen-bond acceptors (Lipinski definition) is 6. The van der Waals surface area contributed by atoms with E-state index in [2.05, 4.69) is 25.6 Å². The van der Waals surface area contributed by atoms with Crippen LogP contribution in [0.1, 0.15) is 42.4 Å². The molecule has 154 valence electrons. The van der Waals surface area contributed by atoms with Gasteiger partial charge in [-0.2, -0.15) is 0 Å². The molecule has 1 aliphatic heterocycles. The maximum absolute atomic E-state index is 12.9. The number of halogens is 1. The molecule has 0 radical (unpaired) electrons. The number of nitrogens with one attached hydrogen (secondary N) is 2. The molecule has 1 fully saturated rings. The molecule has 1 aliphatic rings. The predicted molar refractivity (Wildman–Crippen MR) is 106 cm³/mol. The number of carbonyl (C=O) groups excluding carboxylic acids is 2. The van der Waals surface area contributed by atoms with Gasteiger partial charge in [-0.3, -0.25) is 9.59 Å². The number of amides is 2. The second-order valence-electron chi connectivity index (χ2n) is 7.52. The minimum absolute atomic E-state index is 0.0677. The van der Waals surface area contributed by atoms with E-state index in [1.54, 1.807) is 6.20 Å². The van der Waals surface area contributed by atoms with E-state index in [0.717, 1.165) is 23.8 Å². The van der Waals surface area contributed by atoms with E-state index >= 15 is 0 Å². The van der Waals surface area contributed by atoms with E-state index in [4.69, 9.17) is 0 Å². The van der Waals surface area contributed by atoms with Crippen LogP contribution in [0.25, 0.3) is 0 Å². The van der Waals surface area contributed by atoms with Crippen molar-refractivity contribution in [2.75, 3.05) is 25.0 Å². The number of aryl methyl sites for hydroxylation is 1. The number of nitrogens with zero attached hydrogens (tertiary/aromatic N) is 4. The topological polar surface area (TPSA) is 100 Å². The van der Waals surface area contributed by atoms with E-state index in [1.165, 1.54) is 0 Å². The Morgan fingerprint density at radius 1 is 1.14 bits per heavy atom. The molecule has 0 bridgehead atoms. The minimum atomic E-state index is -0.591. The standard InChI is InChI=1S/C20H25FN6O2/c1-14-3-4-16(23-11-14)22-8-5-17(28)27-9-6-20(2,7-10-27)26-19(29)18-24-12-15(21)13-25-18/h3-4,11-13H,5-10H2,1-2H3,(H,22,23)(H,26,29).